The molecule has 4 aromatic rings. The van der Waals surface area contributed by atoms with Gasteiger partial charge in [-0.15, -0.1) is 0 Å². The number of fused-ring (bicyclic) bond motifs is 1. The number of carbonyl (C=O) groups is 2. The third-order valence-corrected chi connectivity index (χ3v) is 4.84. The van der Waals surface area contributed by atoms with Crippen LogP contribution in [0.25, 0.3) is 21.9 Å². The number of hydrogen-bond acceptors (Lipinski definition) is 5. The van der Waals surface area contributed by atoms with Crippen molar-refractivity contribution < 1.29 is 14.3 Å². The van der Waals surface area contributed by atoms with E-state index in [0.717, 1.165) is 5.56 Å². The molecule has 4 rings (SSSR count). The molecule has 0 fully saturated rings. The number of nitrogens with one attached hydrogen (secondary N) is 1. The number of pyridine rings is 2. The molecular weight excluding hydrogens is 394 g/mol. The van der Waals surface area contributed by atoms with Gasteiger partial charge in [-0.3, -0.25) is 14.6 Å². The molecule has 154 valence electrons. The highest BCUT2D eigenvalue weighted by Gasteiger charge is 2.23. The summed E-state index contributed by atoms with van der Waals surface area (Å²) < 4.78 is 6.55. The van der Waals surface area contributed by atoms with Gasteiger partial charge in [-0.25, -0.2) is 4.79 Å². The van der Waals surface area contributed by atoms with Crippen LogP contribution < -0.4 is 10.9 Å². The summed E-state index contributed by atoms with van der Waals surface area (Å²) >= 11 is 0. The zero-order valence-corrected chi connectivity index (χ0v) is 16.7. The summed E-state index contributed by atoms with van der Waals surface area (Å²) in [5.41, 5.74) is 1.61. The Hall–Kier alpha value is -4.26. The summed E-state index contributed by atoms with van der Waals surface area (Å²) in [4.78, 5) is 42.0. The van der Waals surface area contributed by atoms with Crippen molar-refractivity contribution in [3.8, 4) is 11.1 Å². The van der Waals surface area contributed by atoms with Crippen LogP contribution in [0.15, 0.2) is 83.9 Å². The molecule has 31 heavy (non-hydrogen) atoms. The Labute approximate surface area is 177 Å². The van der Waals surface area contributed by atoms with Gasteiger partial charge < -0.3 is 14.6 Å². The van der Waals surface area contributed by atoms with Gasteiger partial charge in [-0.05, 0) is 29.1 Å². The van der Waals surface area contributed by atoms with Crippen LogP contribution in [0.5, 0.6) is 0 Å². The molecule has 0 saturated heterocycles. The van der Waals surface area contributed by atoms with Crippen molar-refractivity contribution in [3.63, 3.8) is 0 Å². The van der Waals surface area contributed by atoms with Crippen LogP contribution in [-0.2, 0) is 16.6 Å². The summed E-state index contributed by atoms with van der Waals surface area (Å²) in [6.45, 7) is -0.497. The van der Waals surface area contributed by atoms with E-state index < -0.39 is 18.5 Å². The number of ether oxygens (including phenoxy) is 1. The van der Waals surface area contributed by atoms with Gasteiger partial charge >= 0.3 is 5.97 Å². The molecule has 0 aliphatic heterocycles. The third kappa shape index (κ3) is 4.06. The molecule has 1 N–H and O–H groups in total. The average Bonchev–Trinajstić information content (AvgIpc) is 2.81. The largest absolute Gasteiger partial charge is 0.451 e. The molecule has 0 saturated carbocycles. The van der Waals surface area contributed by atoms with E-state index in [1.54, 1.807) is 36.5 Å². The number of carbonyl (C=O) groups excluding carboxylic acids is 2. The predicted octanol–water partition coefficient (Wildman–Crippen LogP) is 3.40. The lowest BCUT2D eigenvalue weighted by atomic mass is 9.97. The number of anilines is 1. The van der Waals surface area contributed by atoms with Gasteiger partial charge in [0.15, 0.2) is 6.61 Å². The second-order valence-electron chi connectivity index (χ2n) is 6.87. The van der Waals surface area contributed by atoms with Crippen LogP contribution in [0.2, 0.25) is 0 Å². The first-order chi connectivity index (χ1) is 15.1. The zero-order chi connectivity index (χ0) is 21.8. The highest BCUT2D eigenvalue weighted by molar-refractivity contribution is 6.07. The standard InChI is InChI=1S/C24H19N3O4/c1-27-22(24(30)31-15-20(28)26-17-10-7-13-25-14-17)21(16-8-3-2-4-9-16)18-11-5-6-12-19(18)23(27)29/h2-14H,15H2,1H3,(H,26,28). The second-order valence-corrected chi connectivity index (χ2v) is 6.87. The molecule has 1 amide bonds. The lowest BCUT2D eigenvalue weighted by Crippen LogP contribution is -2.28. The first kappa shape index (κ1) is 20.0. The van der Waals surface area contributed by atoms with Crippen molar-refractivity contribution in [2.45, 2.75) is 0 Å². The molecule has 0 aliphatic carbocycles. The van der Waals surface area contributed by atoms with Gasteiger partial charge in [0, 0.05) is 24.2 Å². The molecule has 0 unspecified atom stereocenters. The lowest BCUT2D eigenvalue weighted by Gasteiger charge is -2.16. The Morgan fingerprint density at radius 3 is 2.39 bits per heavy atom. The molecule has 0 bridgehead atoms. The van der Waals surface area contributed by atoms with Crippen molar-refractivity contribution >= 4 is 28.3 Å². The van der Waals surface area contributed by atoms with E-state index in [2.05, 4.69) is 10.3 Å². The van der Waals surface area contributed by atoms with E-state index in [-0.39, 0.29) is 11.3 Å². The Morgan fingerprint density at radius 2 is 1.68 bits per heavy atom. The van der Waals surface area contributed by atoms with Crippen LogP contribution in [-0.4, -0.2) is 28.0 Å². The fraction of sp³-hybridized carbons (Fsp3) is 0.0833. The van der Waals surface area contributed by atoms with E-state index in [9.17, 15) is 14.4 Å². The number of hydrogen-bond donors (Lipinski definition) is 1. The molecule has 2 heterocycles. The van der Waals surface area contributed by atoms with Crippen molar-refractivity contribution in [3.05, 3.63) is 95.2 Å². The van der Waals surface area contributed by atoms with Gasteiger partial charge in [0.25, 0.3) is 11.5 Å². The van der Waals surface area contributed by atoms with Gasteiger partial charge in [-0.2, -0.15) is 0 Å². The Bertz CT molecular complexity index is 1320. The summed E-state index contributed by atoms with van der Waals surface area (Å²) in [6, 6.07) is 19.8. The first-order valence-corrected chi connectivity index (χ1v) is 9.60. The number of nitrogens with zero attached hydrogens (tertiary/aromatic N) is 2. The average molecular weight is 413 g/mol. The number of benzene rings is 2. The fourth-order valence-corrected chi connectivity index (χ4v) is 3.43. The second kappa shape index (κ2) is 8.62. The lowest BCUT2D eigenvalue weighted by molar-refractivity contribution is -0.119. The Kier molecular flexibility index (Phi) is 5.57. The van der Waals surface area contributed by atoms with Crippen LogP contribution in [0, 0.1) is 0 Å². The van der Waals surface area contributed by atoms with Crippen molar-refractivity contribution in [2.75, 3.05) is 11.9 Å². The zero-order valence-electron chi connectivity index (χ0n) is 16.7. The van der Waals surface area contributed by atoms with E-state index in [1.807, 2.05) is 36.4 Å². The quantitative estimate of drug-likeness (QED) is 0.507. The van der Waals surface area contributed by atoms with Gasteiger partial charge in [0.05, 0.1) is 11.9 Å². The molecule has 0 atom stereocenters. The van der Waals surface area contributed by atoms with Crippen LogP contribution in [0.4, 0.5) is 5.69 Å². The molecule has 0 spiro atoms. The summed E-state index contributed by atoms with van der Waals surface area (Å²) in [7, 11) is 1.52. The number of rotatable bonds is 5. The number of amides is 1. The maximum Gasteiger partial charge on any atom is 0.356 e. The van der Waals surface area contributed by atoms with Crippen molar-refractivity contribution in [2.24, 2.45) is 7.05 Å². The first-order valence-electron chi connectivity index (χ1n) is 9.60. The van der Waals surface area contributed by atoms with Crippen LogP contribution in [0.3, 0.4) is 0 Å². The Morgan fingerprint density at radius 1 is 0.968 bits per heavy atom. The molecule has 0 radical (unpaired) electrons. The minimum absolute atomic E-state index is 0.0871. The SMILES string of the molecule is Cn1c(C(=O)OCC(=O)Nc2cccnc2)c(-c2ccccc2)c2ccccc2c1=O. The minimum atomic E-state index is -0.759. The number of aromatic nitrogens is 2. The Balaban J connectivity index is 1.71. The van der Waals surface area contributed by atoms with Crippen molar-refractivity contribution in [1.29, 1.82) is 0 Å². The molecule has 7 nitrogen and oxygen atoms in total. The van der Waals surface area contributed by atoms with E-state index >= 15 is 0 Å². The van der Waals surface area contributed by atoms with Gasteiger partial charge in [0.1, 0.15) is 5.69 Å². The molecule has 7 heteroatoms. The molecular formula is C24H19N3O4. The molecule has 2 aromatic heterocycles. The number of esters is 1. The normalized spacial score (nSPS) is 10.6. The van der Waals surface area contributed by atoms with Gasteiger partial charge in [-0.1, -0.05) is 48.5 Å². The minimum Gasteiger partial charge on any atom is -0.451 e. The van der Waals surface area contributed by atoms with Gasteiger partial charge in [0.2, 0.25) is 0 Å². The highest BCUT2D eigenvalue weighted by atomic mass is 16.5. The smallest absolute Gasteiger partial charge is 0.356 e. The predicted molar refractivity (Wildman–Crippen MR) is 118 cm³/mol. The van der Waals surface area contributed by atoms with Crippen LogP contribution in [0.1, 0.15) is 10.5 Å². The molecule has 0 aliphatic rings. The van der Waals surface area contributed by atoms with Crippen molar-refractivity contribution in [1.82, 2.24) is 9.55 Å². The fourth-order valence-electron chi connectivity index (χ4n) is 3.43. The van der Waals surface area contributed by atoms with E-state index in [1.165, 1.54) is 17.8 Å². The topological polar surface area (TPSA) is 90.3 Å². The van der Waals surface area contributed by atoms with Crippen LogP contribution >= 0.6 is 0 Å². The monoisotopic (exact) mass is 413 g/mol. The highest BCUT2D eigenvalue weighted by Crippen LogP contribution is 2.30. The van der Waals surface area contributed by atoms with E-state index in [4.69, 9.17) is 4.74 Å². The maximum atomic E-state index is 13.0. The summed E-state index contributed by atoms with van der Waals surface area (Å²) in [5.74, 6) is -1.26. The van der Waals surface area contributed by atoms with E-state index in [0.29, 0.717) is 22.0 Å². The maximum absolute atomic E-state index is 13.0. The summed E-state index contributed by atoms with van der Waals surface area (Å²) in [6.07, 6.45) is 3.07. The molecule has 2 aromatic carbocycles. The third-order valence-electron chi connectivity index (χ3n) is 4.84. The summed E-state index contributed by atoms with van der Waals surface area (Å²) in [5, 5.41) is 3.74.